The van der Waals surface area contributed by atoms with E-state index in [4.69, 9.17) is 4.74 Å². The largest absolute Gasteiger partial charge is 0.463 e. The molecular weight excluding hydrogens is 378 g/mol. The van der Waals surface area contributed by atoms with E-state index in [1.54, 1.807) is 13.0 Å². The molecule has 158 valence electrons. The lowest BCUT2D eigenvalue weighted by atomic mass is 10.2. The molecule has 6 nitrogen and oxygen atoms in total. The SMILES string of the molecule is CCOC(=O)/C=C\c1ccc(NC(=O)N2CCCN(Cc3ccccc3)CC2)cc1. The normalized spacial score (nSPS) is 15.0. The minimum atomic E-state index is -0.364. The summed E-state index contributed by atoms with van der Waals surface area (Å²) in [5.74, 6) is -0.364. The van der Waals surface area contributed by atoms with Crippen molar-refractivity contribution < 1.29 is 14.3 Å². The zero-order chi connectivity index (χ0) is 21.2. The Balaban J connectivity index is 1.49. The van der Waals surface area contributed by atoms with Crippen molar-refractivity contribution >= 4 is 23.8 Å². The van der Waals surface area contributed by atoms with E-state index in [9.17, 15) is 9.59 Å². The third kappa shape index (κ3) is 6.74. The molecule has 1 saturated heterocycles. The van der Waals surface area contributed by atoms with Gasteiger partial charge >= 0.3 is 12.0 Å². The number of ether oxygens (including phenoxy) is 1. The average Bonchev–Trinajstić information content (AvgIpc) is 3.00. The highest BCUT2D eigenvalue weighted by Crippen LogP contribution is 2.14. The lowest BCUT2D eigenvalue weighted by molar-refractivity contribution is -0.137. The number of carbonyl (C=O) groups is 2. The number of nitrogens with one attached hydrogen (secondary N) is 1. The van der Waals surface area contributed by atoms with Gasteiger partial charge < -0.3 is 15.0 Å². The highest BCUT2D eigenvalue weighted by Gasteiger charge is 2.19. The molecule has 0 bridgehead atoms. The quantitative estimate of drug-likeness (QED) is 0.581. The van der Waals surface area contributed by atoms with Crippen LogP contribution < -0.4 is 5.32 Å². The first-order valence-electron chi connectivity index (χ1n) is 10.4. The van der Waals surface area contributed by atoms with Gasteiger partial charge in [0.05, 0.1) is 6.61 Å². The summed E-state index contributed by atoms with van der Waals surface area (Å²) in [6, 6.07) is 17.7. The number of hydrogen-bond donors (Lipinski definition) is 1. The maximum Gasteiger partial charge on any atom is 0.330 e. The fourth-order valence-electron chi connectivity index (χ4n) is 3.41. The summed E-state index contributed by atoms with van der Waals surface area (Å²) in [5.41, 5.74) is 2.90. The predicted molar refractivity (Wildman–Crippen MR) is 119 cm³/mol. The summed E-state index contributed by atoms with van der Waals surface area (Å²) in [6.45, 7) is 6.34. The summed E-state index contributed by atoms with van der Waals surface area (Å²) in [7, 11) is 0. The Morgan fingerprint density at radius 1 is 1.00 bits per heavy atom. The Labute approximate surface area is 178 Å². The average molecular weight is 408 g/mol. The maximum atomic E-state index is 12.7. The monoisotopic (exact) mass is 407 g/mol. The van der Waals surface area contributed by atoms with Crippen LogP contribution in [0.5, 0.6) is 0 Å². The molecule has 0 unspecified atom stereocenters. The van der Waals surface area contributed by atoms with Gasteiger partial charge in [-0.2, -0.15) is 0 Å². The number of esters is 1. The Hall–Kier alpha value is -3.12. The van der Waals surface area contributed by atoms with E-state index in [1.807, 2.05) is 35.2 Å². The van der Waals surface area contributed by atoms with Crippen LogP contribution in [0.15, 0.2) is 60.7 Å². The fraction of sp³-hybridized carbons (Fsp3) is 0.333. The van der Waals surface area contributed by atoms with Gasteiger partial charge in [0.1, 0.15) is 0 Å². The summed E-state index contributed by atoms with van der Waals surface area (Å²) >= 11 is 0. The van der Waals surface area contributed by atoms with E-state index in [2.05, 4.69) is 34.5 Å². The van der Waals surface area contributed by atoms with E-state index >= 15 is 0 Å². The minimum Gasteiger partial charge on any atom is -0.463 e. The Bertz CT molecular complexity index is 850. The van der Waals surface area contributed by atoms with Crippen LogP contribution in [-0.4, -0.2) is 54.6 Å². The van der Waals surface area contributed by atoms with Crippen LogP contribution in [0.4, 0.5) is 10.5 Å². The summed E-state index contributed by atoms with van der Waals surface area (Å²) in [4.78, 5) is 28.3. The van der Waals surface area contributed by atoms with Gasteiger partial charge in [0, 0.05) is 44.5 Å². The number of carbonyl (C=O) groups excluding carboxylic acids is 2. The highest BCUT2D eigenvalue weighted by atomic mass is 16.5. The first-order chi connectivity index (χ1) is 14.6. The van der Waals surface area contributed by atoms with E-state index < -0.39 is 0 Å². The van der Waals surface area contributed by atoms with Crippen LogP contribution in [0.2, 0.25) is 0 Å². The third-order valence-corrected chi connectivity index (χ3v) is 4.99. The molecule has 2 aromatic carbocycles. The Morgan fingerprint density at radius 2 is 1.77 bits per heavy atom. The Morgan fingerprint density at radius 3 is 2.50 bits per heavy atom. The first-order valence-corrected chi connectivity index (χ1v) is 10.4. The Kier molecular flexibility index (Phi) is 8.03. The van der Waals surface area contributed by atoms with Crippen molar-refractivity contribution in [3.8, 4) is 0 Å². The molecule has 1 heterocycles. The minimum absolute atomic E-state index is 0.0774. The van der Waals surface area contributed by atoms with Gasteiger partial charge in [0.2, 0.25) is 0 Å². The molecule has 30 heavy (non-hydrogen) atoms. The molecular formula is C24H29N3O3. The summed E-state index contributed by atoms with van der Waals surface area (Å²) < 4.78 is 4.87. The second-order valence-corrected chi connectivity index (χ2v) is 7.24. The molecule has 1 aliphatic rings. The number of amides is 2. The number of urea groups is 1. The van der Waals surface area contributed by atoms with Gasteiger partial charge in [-0.3, -0.25) is 4.90 Å². The summed E-state index contributed by atoms with van der Waals surface area (Å²) in [5, 5.41) is 2.97. The van der Waals surface area contributed by atoms with E-state index in [0.29, 0.717) is 13.2 Å². The second kappa shape index (κ2) is 11.2. The molecule has 2 aromatic rings. The van der Waals surface area contributed by atoms with Gasteiger partial charge in [0.15, 0.2) is 0 Å². The molecule has 1 aliphatic heterocycles. The molecule has 1 N–H and O–H groups in total. The molecule has 1 fully saturated rings. The van der Waals surface area contributed by atoms with Gasteiger partial charge in [-0.1, -0.05) is 42.5 Å². The first kappa shape index (κ1) is 21.6. The number of hydrogen-bond acceptors (Lipinski definition) is 4. The second-order valence-electron chi connectivity index (χ2n) is 7.24. The molecule has 2 amide bonds. The van der Waals surface area contributed by atoms with Gasteiger partial charge in [-0.05, 0) is 42.7 Å². The van der Waals surface area contributed by atoms with Crippen LogP contribution in [0.25, 0.3) is 6.08 Å². The number of nitrogens with zero attached hydrogens (tertiary/aromatic N) is 2. The van der Waals surface area contributed by atoms with Crippen LogP contribution in [-0.2, 0) is 16.1 Å². The van der Waals surface area contributed by atoms with Crippen molar-refractivity contribution in [1.82, 2.24) is 9.80 Å². The van der Waals surface area contributed by atoms with Crippen LogP contribution in [0, 0.1) is 0 Å². The van der Waals surface area contributed by atoms with E-state index in [1.165, 1.54) is 11.6 Å². The smallest absolute Gasteiger partial charge is 0.330 e. The van der Waals surface area contributed by atoms with Crippen molar-refractivity contribution in [2.75, 3.05) is 38.1 Å². The van der Waals surface area contributed by atoms with Gasteiger partial charge in [0.25, 0.3) is 0 Å². The lowest BCUT2D eigenvalue weighted by Crippen LogP contribution is -2.38. The molecule has 0 aromatic heterocycles. The van der Waals surface area contributed by atoms with Crippen LogP contribution in [0.3, 0.4) is 0 Å². The van der Waals surface area contributed by atoms with Crippen LogP contribution in [0.1, 0.15) is 24.5 Å². The molecule has 0 spiro atoms. The van der Waals surface area contributed by atoms with Crippen LogP contribution >= 0.6 is 0 Å². The van der Waals surface area contributed by atoms with Crippen molar-refractivity contribution in [1.29, 1.82) is 0 Å². The fourth-order valence-corrected chi connectivity index (χ4v) is 3.41. The van der Waals surface area contributed by atoms with Gasteiger partial charge in [-0.25, -0.2) is 9.59 Å². The molecule has 0 radical (unpaired) electrons. The van der Waals surface area contributed by atoms with Crippen molar-refractivity contribution in [2.24, 2.45) is 0 Å². The van der Waals surface area contributed by atoms with Crippen molar-refractivity contribution in [3.63, 3.8) is 0 Å². The zero-order valence-corrected chi connectivity index (χ0v) is 17.4. The van der Waals surface area contributed by atoms with E-state index in [-0.39, 0.29) is 12.0 Å². The molecule has 0 atom stereocenters. The summed E-state index contributed by atoms with van der Waals surface area (Å²) in [6.07, 6.45) is 4.05. The topological polar surface area (TPSA) is 61.9 Å². The van der Waals surface area contributed by atoms with E-state index in [0.717, 1.165) is 43.9 Å². The standard InChI is InChI=1S/C24H29N3O3/c1-2-30-23(28)14-11-20-9-12-22(13-10-20)25-24(29)27-16-6-15-26(17-18-27)19-21-7-4-3-5-8-21/h3-5,7-14H,2,6,15-19H2,1H3,(H,25,29)/b14-11-. The number of anilines is 1. The van der Waals surface area contributed by atoms with Gasteiger partial charge in [-0.15, -0.1) is 0 Å². The lowest BCUT2D eigenvalue weighted by Gasteiger charge is -2.22. The third-order valence-electron chi connectivity index (χ3n) is 4.99. The molecule has 0 aliphatic carbocycles. The maximum absolute atomic E-state index is 12.7. The van der Waals surface area contributed by atoms with Crippen molar-refractivity contribution in [2.45, 2.75) is 19.9 Å². The zero-order valence-electron chi connectivity index (χ0n) is 17.4. The molecule has 0 saturated carbocycles. The predicted octanol–water partition coefficient (Wildman–Crippen LogP) is 4.00. The molecule has 6 heteroatoms. The highest BCUT2D eigenvalue weighted by molar-refractivity contribution is 5.90. The number of benzene rings is 2. The van der Waals surface area contributed by atoms with Crippen molar-refractivity contribution in [3.05, 3.63) is 71.8 Å². The number of rotatable bonds is 6. The molecule has 3 rings (SSSR count).